The van der Waals surface area contributed by atoms with Gasteiger partial charge in [0, 0.05) is 34.4 Å². The molecule has 0 radical (unpaired) electrons. The van der Waals surface area contributed by atoms with Crippen molar-refractivity contribution in [1.29, 1.82) is 0 Å². The molecule has 1 heterocycles. The van der Waals surface area contributed by atoms with Gasteiger partial charge in [-0.3, -0.25) is 0 Å². The van der Waals surface area contributed by atoms with Gasteiger partial charge in [0.05, 0.1) is 18.3 Å². The number of fused-ring (bicyclic) bond motifs is 1. The second-order valence-electron chi connectivity index (χ2n) is 7.03. The SMILES string of the molecule is BPPO[C@@H]1CC2O[C@H](O)C[C@@H]2[C@H]1/C=C/[C@H](CCc1ccccc1)OC. The van der Waals surface area contributed by atoms with Gasteiger partial charge in [-0.2, -0.15) is 0 Å². The fourth-order valence-corrected chi connectivity index (χ4v) is 5.40. The molecule has 4 nitrogen and oxygen atoms in total. The van der Waals surface area contributed by atoms with Crippen molar-refractivity contribution >= 4 is 24.2 Å². The number of hydrogen-bond donors (Lipinski definition) is 1. The van der Waals surface area contributed by atoms with Crippen LogP contribution in [0.4, 0.5) is 0 Å². The second-order valence-corrected chi connectivity index (χ2v) is 10.1. The van der Waals surface area contributed by atoms with E-state index in [-0.39, 0.29) is 18.3 Å². The highest BCUT2D eigenvalue weighted by molar-refractivity contribution is 8.21. The molecule has 26 heavy (non-hydrogen) atoms. The molecule has 3 unspecified atom stereocenters. The van der Waals surface area contributed by atoms with Crippen LogP contribution >= 0.6 is 16.6 Å². The number of ether oxygens (including phenoxy) is 2. The first kappa shape index (κ1) is 20.5. The fourth-order valence-electron chi connectivity index (χ4n) is 4.07. The van der Waals surface area contributed by atoms with Crippen LogP contribution in [-0.4, -0.2) is 44.4 Å². The number of rotatable bonds is 9. The van der Waals surface area contributed by atoms with Gasteiger partial charge in [-0.05, 0) is 24.3 Å². The molecule has 0 bridgehead atoms. The molecule has 7 heteroatoms. The van der Waals surface area contributed by atoms with Crippen molar-refractivity contribution < 1.29 is 19.1 Å². The Labute approximate surface area is 161 Å². The van der Waals surface area contributed by atoms with Crippen LogP contribution in [0.3, 0.4) is 0 Å². The molecular formula is C19H29BO4P2. The molecule has 8 atom stereocenters. The van der Waals surface area contributed by atoms with Crippen LogP contribution < -0.4 is 0 Å². The number of methoxy groups -OCH3 is 1. The maximum Gasteiger partial charge on any atom is 0.155 e. The zero-order valence-electron chi connectivity index (χ0n) is 15.5. The second kappa shape index (κ2) is 10.3. The molecule has 1 N–H and O–H groups in total. The van der Waals surface area contributed by atoms with E-state index in [1.807, 2.05) is 6.07 Å². The van der Waals surface area contributed by atoms with E-state index in [1.165, 1.54) is 5.56 Å². The lowest BCUT2D eigenvalue weighted by molar-refractivity contribution is -0.0939. The Kier molecular flexibility index (Phi) is 8.12. The van der Waals surface area contributed by atoms with Gasteiger partial charge in [-0.15, -0.1) is 8.15 Å². The fraction of sp³-hybridized carbons (Fsp3) is 0.579. The van der Waals surface area contributed by atoms with Crippen molar-refractivity contribution in [2.24, 2.45) is 11.8 Å². The Morgan fingerprint density at radius 1 is 1.35 bits per heavy atom. The van der Waals surface area contributed by atoms with Gasteiger partial charge in [0.1, 0.15) is 7.57 Å². The summed E-state index contributed by atoms with van der Waals surface area (Å²) in [5.74, 6) is 0.651. The zero-order chi connectivity index (χ0) is 18.4. The van der Waals surface area contributed by atoms with Crippen molar-refractivity contribution in [2.45, 2.75) is 50.3 Å². The molecule has 1 saturated heterocycles. The van der Waals surface area contributed by atoms with Crippen LogP contribution in [0.5, 0.6) is 0 Å². The van der Waals surface area contributed by atoms with Gasteiger partial charge < -0.3 is 19.1 Å². The van der Waals surface area contributed by atoms with Crippen molar-refractivity contribution in [3.05, 3.63) is 48.0 Å². The third-order valence-electron chi connectivity index (χ3n) is 5.39. The van der Waals surface area contributed by atoms with Crippen molar-refractivity contribution in [1.82, 2.24) is 0 Å². The molecule has 1 aromatic rings. The van der Waals surface area contributed by atoms with Crippen molar-refractivity contribution in [3.8, 4) is 0 Å². The molecule has 0 aromatic heterocycles. The van der Waals surface area contributed by atoms with Crippen molar-refractivity contribution in [2.75, 3.05) is 7.11 Å². The van der Waals surface area contributed by atoms with E-state index in [0.717, 1.165) is 27.4 Å². The van der Waals surface area contributed by atoms with Crippen molar-refractivity contribution in [3.63, 3.8) is 0 Å². The topological polar surface area (TPSA) is 47.9 Å². The lowest BCUT2D eigenvalue weighted by Gasteiger charge is -2.21. The number of aryl methyl sites for hydroxylation is 1. The minimum absolute atomic E-state index is 0.0950. The molecule has 0 amide bonds. The maximum absolute atomic E-state index is 9.84. The highest BCUT2D eigenvalue weighted by atomic mass is 32.0. The van der Waals surface area contributed by atoms with Crippen LogP contribution in [0.2, 0.25) is 0 Å². The molecular weight excluding hydrogens is 365 g/mol. The van der Waals surface area contributed by atoms with Crippen LogP contribution in [-0.2, 0) is 20.4 Å². The third-order valence-corrected chi connectivity index (χ3v) is 6.99. The summed E-state index contributed by atoms with van der Waals surface area (Å²) in [5.41, 5.74) is 1.34. The van der Waals surface area contributed by atoms with E-state index in [0.29, 0.717) is 26.8 Å². The predicted octanol–water partition coefficient (Wildman–Crippen LogP) is 3.05. The Bertz CT molecular complexity index is 574. The molecule has 1 aliphatic carbocycles. The monoisotopic (exact) mass is 394 g/mol. The minimum Gasteiger partial charge on any atom is -0.377 e. The smallest absolute Gasteiger partial charge is 0.155 e. The first-order valence-corrected chi connectivity index (χ1v) is 12.8. The van der Waals surface area contributed by atoms with Gasteiger partial charge in [0.15, 0.2) is 6.29 Å². The van der Waals surface area contributed by atoms with E-state index in [1.54, 1.807) is 7.11 Å². The summed E-state index contributed by atoms with van der Waals surface area (Å²) in [6.45, 7) is 0. The highest BCUT2D eigenvalue weighted by Gasteiger charge is 2.48. The Balaban J connectivity index is 1.60. The van der Waals surface area contributed by atoms with E-state index < -0.39 is 6.29 Å². The van der Waals surface area contributed by atoms with E-state index in [9.17, 15) is 5.11 Å². The quantitative estimate of drug-likeness (QED) is 0.398. The zero-order valence-corrected chi connectivity index (χ0v) is 17.5. The highest BCUT2D eigenvalue weighted by Crippen LogP contribution is 2.48. The molecule has 3 rings (SSSR count). The molecule has 142 valence electrons. The number of hydrogen-bond acceptors (Lipinski definition) is 4. The van der Waals surface area contributed by atoms with E-state index >= 15 is 0 Å². The summed E-state index contributed by atoms with van der Waals surface area (Å²) in [6, 6.07) is 10.5. The molecule has 2 aliphatic rings. The largest absolute Gasteiger partial charge is 0.377 e. The molecule has 1 saturated carbocycles. The third kappa shape index (κ3) is 5.38. The van der Waals surface area contributed by atoms with E-state index in [4.69, 9.17) is 14.0 Å². The summed E-state index contributed by atoms with van der Waals surface area (Å²) >= 11 is 0. The summed E-state index contributed by atoms with van der Waals surface area (Å²) in [5, 5.41) is 9.84. The average molecular weight is 394 g/mol. The average Bonchev–Trinajstić information content (AvgIpc) is 3.17. The van der Waals surface area contributed by atoms with Gasteiger partial charge in [-0.25, -0.2) is 0 Å². The summed E-state index contributed by atoms with van der Waals surface area (Å²) in [7, 11) is 5.32. The Morgan fingerprint density at radius 2 is 2.15 bits per heavy atom. The number of aliphatic hydroxyl groups excluding tert-OH is 1. The Morgan fingerprint density at radius 3 is 2.88 bits per heavy atom. The first-order chi connectivity index (χ1) is 12.7. The predicted molar refractivity (Wildman–Crippen MR) is 112 cm³/mol. The lowest BCUT2D eigenvalue weighted by atomic mass is 9.91. The Hall–Kier alpha value is -0.275. The van der Waals surface area contributed by atoms with Gasteiger partial charge >= 0.3 is 0 Å². The molecule has 2 fully saturated rings. The molecule has 1 aromatic carbocycles. The maximum atomic E-state index is 9.84. The van der Waals surface area contributed by atoms with Gasteiger partial charge in [0.2, 0.25) is 0 Å². The molecule has 1 aliphatic heterocycles. The summed E-state index contributed by atoms with van der Waals surface area (Å²) < 4.78 is 17.5. The number of benzene rings is 1. The molecule has 0 spiro atoms. The van der Waals surface area contributed by atoms with Crippen LogP contribution in [0.25, 0.3) is 0 Å². The lowest BCUT2D eigenvalue weighted by Crippen LogP contribution is -2.20. The normalized spacial score (nSPS) is 33.1. The minimum atomic E-state index is -0.617. The first-order valence-electron chi connectivity index (χ1n) is 9.37. The van der Waals surface area contributed by atoms with Gasteiger partial charge in [0.25, 0.3) is 0 Å². The van der Waals surface area contributed by atoms with Crippen LogP contribution in [0.15, 0.2) is 42.5 Å². The van der Waals surface area contributed by atoms with Gasteiger partial charge in [-0.1, -0.05) is 42.5 Å². The number of aliphatic hydroxyl groups is 1. The standard InChI is InChI=1S/C19H29BO4P2/c1-22-14(8-7-13-5-3-2-4-6-13)9-10-15-16-11-19(21)23-17(16)12-18(15)24-26-25-20/h2-6,9-10,14-19,21,25-26H,7-8,11-12,20H2,1H3/b10-9+/t14-,15+,16+,17?,18+,19-/m0/s1. The van der Waals surface area contributed by atoms with Crippen LogP contribution in [0.1, 0.15) is 24.8 Å². The van der Waals surface area contributed by atoms with Crippen LogP contribution in [0, 0.1) is 11.8 Å². The summed E-state index contributed by atoms with van der Waals surface area (Å²) in [6.07, 6.45) is 7.81. The van der Waals surface area contributed by atoms with E-state index in [2.05, 4.69) is 44.0 Å². The summed E-state index contributed by atoms with van der Waals surface area (Å²) in [4.78, 5) is 0.